The van der Waals surface area contributed by atoms with Crippen molar-refractivity contribution in [3.63, 3.8) is 0 Å². The van der Waals surface area contributed by atoms with E-state index in [4.69, 9.17) is 5.11 Å². The Hall–Kier alpha value is -1.61. The van der Waals surface area contributed by atoms with Crippen molar-refractivity contribution in [2.75, 3.05) is 0 Å². The van der Waals surface area contributed by atoms with Gasteiger partial charge in [-0.3, -0.25) is 4.79 Å². The van der Waals surface area contributed by atoms with E-state index in [1.165, 1.54) is 0 Å². The van der Waals surface area contributed by atoms with E-state index in [1.807, 2.05) is 42.5 Å². The highest BCUT2D eigenvalue weighted by molar-refractivity contribution is 9.10. The van der Waals surface area contributed by atoms with Gasteiger partial charge in [-0.05, 0) is 23.1 Å². The number of aliphatic carboxylic acids is 1. The second-order valence-corrected chi connectivity index (χ2v) is 5.18. The molecule has 0 saturated carbocycles. The highest BCUT2D eigenvalue weighted by Gasteiger charge is 2.13. The maximum absolute atomic E-state index is 10.7. The van der Waals surface area contributed by atoms with Crippen molar-refractivity contribution >= 4 is 21.9 Å². The number of rotatable bonds is 4. The third-order valence-corrected chi connectivity index (χ3v) is 3.46. The summed E-state index contributed by atoms with van der Waals surface area (Å²) in [6.07, 6.45) is 0.490. The minimum Gasteiger partial charge on any atom is -0.480 e. The number of hydrogen-bond acceptors (Lipinski definition) is 1. The lowest BCUT2D eigenvalue weighted by Gasteiger charge is -2.06. The average Bonchev–Trinajstić information content (AvgIpc) is 2.40. The number of alkyl halides is 1. The lowest BCUT2D eigenvalue weighted by molar-refractivity contribution is -0.136. The Morgan fingerprint density at radius 2 is 1.56 bits per heavy atom. The van der Waals surface area contributed by atoms with Gasteiger partial charge >= 0.3 is 5.97 Å². The second-order valence-electron chi connectivity index (χ2n) is 4.07. The van der Waals surface area contributed by atoms with E-state index in [9.17, 15) is 4.79 Å². The van der Waals surface area contributed by atoms with Crippen LogP contribution in [-0.4, -0.2) is 15.9 Å². The molecule has 0 aromatic heterocycles. The minimum atomic E-state index is -0.831. The van der Waals surface area contributed by atoms with Gasteiger partial charge < -0.3 is 5.11 Å². The van der Waals surface area contributed by atoms with E-state index in [0.29, 0.717) is 6.42 Å². The number of carboxylic acid groups (broad SMARTS) is 1. The van der Waals surface area contributed by atoms with Crippen LogP contribution in [0, 0.1) is 0 Å². The molecule has 1 unspecified atom stereocenters. The monoisotopic (exact) mass is 304 g/mol. The van der Waals surface area contributed by atoms with Crippen molar-refractivity contribution in [2.24, 2.45) is 0 Å². The van der Waals surface area contributed by atoms with Gasteiger partial charge in [-0.25, -0.2) is 0 Å². The molecule has 3 heteroatoms. The zero-order valence-electron chi connectivity index (χ0n) is 9.71. The van der Waals surface area contributed by atoms with Gasteiger partial charge in [-0.2, -0.15) is 0 Å². The molecular formula is C15H13BrO2. The third kappa shape index (κ3) is 3.20. The Kier molecular flexibility index (Phi) is 4.15. The first kappa shape index (κ1) is 12.8. The Bertz CT molecular complexity index is 520. The molecule has 0 radical (unpaired) electrons. The summed E-state index contributed by atoms with van der Waals surface area (Å²) in [6, 6.07) is 18.1. The molecule has 0 fully saturated rings. The molecule has 0 aliphatic carbocycles. The first-order valence-electron chi connectivity index (χ1n) is 5.68. The molecule has 0 aliphatic rings. The third-order valence-electron chi connectivity index (χ3n) is 2.74. The van der Waals surface area contributed by atoms with Crippen molar-refractivity contribution in [3.05, 3.63) is 60.2 Å². The summed E-state index contributed by atoms with van der Waals surface area (Å²) in [5.74, 6) is -0.831. The lowest BCUT2D eigenvalue weighted by atomic mass is 10.0. The topological polar surface area (TPSA) is 37.3 Å². The molecule has 92 valence electrons. The van der Waals surface area contributed by atoms with Crippen LogP contribution in [-0.2, 0) is 11.2 Å². The molecule has 2 nitrogen and oxygen atoms in total. The SMILES string of the molecule is O=C(O)C(Br)Cc1ccc(-c2ccccc2)cc1. The van der Waals surface area contributed by atoms with Crippen LogP contribution in [0.1, 0.15) is 5.56 Å². The predicted octanol–water partition coefficient (Wildman–Crippen LogP) is 3.74. The van der Waals surface area contributed by atoms with Gasteiger partial charge in [0.2, 0.25) is 0 Å². The van der Waals surface area contributed by atoms with E-state index < -0.39 is 10.8 Å². The summed E-state index contributed by atoms with van der Waals surface area (Å²) >= 11 is 3.14. The van der Waals surface area contributed by atoms with Crippen LogP contribution in [0.3, 0.4) is 0 Å². The van der Waals surface area contributed by atoms with Crippen molar-refractivity contribution in [1.82, 2.24) is 0 Å². The summed E-state index contributed by atoms with van der Waals surface area (Å²) < 4.78 is 0. The van der Waals surface area contributed by atoms with Crippen LogP contribution in [0.4, 0.5) is 0 Å². The highest BCUT2D eigenvalue weighted by Crippen LogP contribution is 2.20. The van der Waals surface area contributed by atoms with E-state index >= 15 is 0 Å². The summed E-state index contributed by atoms with van der Waals surface area (Å²) in [5, 5.41) is 8.83. The standard InChI is InChI=1S/C15H13BrO2/c16-14(15(17)18)10-11-6-8-13(9-7-11)12-4-2-1-3-5-12/h1-9,14H,10H2,(H,17,18). The number of carbonyl (C=O) groups is 1. The number of carboxylic acids is 1. The molecule has 0 aliphatic heterocycles. The largest absolute Gasteiger partial charge is 0.480 e. The van der Waals surface area contributed by atoms with Gasteiger partial charge in [0.15, 0.2) is 0 Å². The Balaban J connectivity index is 2.13. The molecular weight excluding hydrogens is 292 g/mol. The molecule has 0 amide bonds. The van der Waals surface area contributed by atoms with Crippen molar-refractivity contribution in [3.8, 4) is 11.1 Å². The van der Waals surface area contributed by atoms with Crippen LogP contribution >= 0.6 is 15.9 Å². The Labute approximate surface area is 114 Å². The number of halogens is 1. The highest BCUT2D eigenvalue weighted by atomic mass is 79.9. The van der Waals surface area contributed by atoms with Crippen LogP contribution < -0.4 is 0 Å². The van der Waals surface area contributed by atoms with Crippen LogP contribution in [0.15, 0.2) is 54.6 Å². The Morgan fingerprint density at radius 1 is 1.00 bits per heavy atom. The van der Waals surface area contributed by atoms with Crippen molar-refractivity contribution in [1.29, 1.82) is 0 Å². The average molecular weight is 305 g/mol. The molecule has 0 bridgehead atoms. The number of benzene rings is 2. The fraction of sp³-hybridized carbons (Fsp3) is 0.133. The van der Waals surface area contributed by atoms with E-state index in [-0.39, 0.29) is 0 Å². The molecule has 2 aromatic carbocycles. The fourth-order valence-corrected chi connectivity index (χ4v) is 2.13. The maximum atomic E-state index is 10.7. The van der Waals surface area contributed by atoms with Crippen molar-refractivity contribution in [2.45, 2.75) is 11.2 Å². The molecule has 0 heterocycles. The summed E-state index contributed by atoms with van der Waals surface area (Å²) in [5.41, 5.74) is 3.32. The van der Waals surface area contributed by atoms with Gasteiger partial charge in [-0.15, -0.1) is 0 Å². The second kappa shape index (κ2) is 5.83. The van der Waals surface area contributed by atoms with Crippen LogP contribution in [0.2, 0.25) is 0 Å². The fourth-order valence-electron chi connectivity index (χ4n) is 1.76. The molecule has 1 atom stereocenters. The summed E-state index contributed by atoms with van der Waals surface area (Å²) in [6.45, 7) is 0. The zero-order chi connectivity index (χ0) is 13.0. The predicted molar refractivity (Wildman–Crippen MR) is 75.9 cm³/mol. The molecule has 0 spiro atoms. The molecule has 2 aromatic rings. The van der Waals surface area contributed by atoms with Gasteiger partial charge in [0.05, 0.1) is 0 Å². The maximum Gasteiger partial charge on any atom is 0.317 e. The minimum absolute atomic E-state index is 0.490. The normalized spacial score (nSPS) is 12.1. The molecule has 0 saturated heterocycles. The number of hydrogen-bond donors (Lipinski definition) is 1. The van der Waals surface area contributed by atoms with E-state index in [0.717, 1.165) is 16.7 Å². The zero-order valence-corrected chi connectivity index (χ0v) is 11.3. The van der Waals surface area contributed by atoms with Crippen molar-refractivity contribution < 1.29 is 9.90 Å². The molecule has 1 N–H and O–H groups in total. The van der Waals surface area contributed by atoms with Gasteiger partial charge in [0.25, 0.3) is 0 Å². The Morgan fingerprint density at radius 3 is 2.11 bits per heavy atom. The van der Waals surface area contributed by atoms with Gasteiger partial charge in [-0.1, -0.05) is 70.5 Å². The molecule has 2 rings (SSSR count). The van der Waals surface area contributed by atoms with Gasteiger partial charge in [0, 0.05) is 0 Å². The molecule has 18 heavy (non-hydrogen) atoms. The summed E-state index contributed by atoms with van der Waals surface area (Å²) in [4.78, 5) is 10.2. The van der Waals surface area contributed by atoms with Gasteiger partial charge in [0.1, 0.15) is 4.83 Å². The first-order chi connectivity index (χ1) is 8.66. The smallest absolute Gasteiger partial charge is 0.317 e. The van der Waals surface area contributed by atoms with Crippen LogP contribution in [0.25, 0.3) is 11.1 Å². The lowest BCUT2D eigenvalue weighted by Crippen LogP contribution is -2.15. The summed E-state index contributed by atoms with van der Waals surface area (Å²) in [7, 11) is 0. The first-order valence-corrected chi connectivity index (χ1v) is 6.59. The van der Waals surface area contributed by atoms with E-state index in [2.05, 4.69) is 28.1 Å². The van der Waals surface area contributed by atoms with E-state index in [1.54, 1.807) is 0 Å². The quantitative estimate of drug-likeness (QED) is 0.874. The van der Waals surface area contributed by atoms with Crippen LogP contribution in [0.5, 0.6) is 0 Å².